The van der Waals surface area contributed by atoms with Crippen molar-refractivity contribution >= 4 is 11.9 Å². The highest BCUT2D eigenvalue weighted by molar-refractivity contribution is 5.85. The van der Waals surface area contributed by atoms with Crippen molar-refractivity contribution in [2.45, 2.75) is 24.8 Å². The second-order valence-electron chi connectivity index (χ2n) is 4.73. The number of nitrogens with one attached hydrogen (secondary N) is 1. The molecule has 2 atom stereocenters. The Kier molecular flexibility index (Phi) is 5.06. The topological polar surface area (TPSA) is 127 Å². The predicted octanol–water partition coefficient (Wildman–Crippen LogP) is -1.68. The van der Waals surface area contributed by atoms with Crippen LogP contribution in [0.25, 0.3) is 0 Å². The number of carbonyl (C=O) groups is 2. The summed E-state index contributed by atoms with van der Waals surface area (Å²) in [5.41, 5.74) is -1.50. The first kappa shape index (κ1) is 14.9. The van der Waals surface area contributed by atoms with Crippen molar-refractivity contribution in [2.75, 3.05) is 19.8 Å². The molecule has 0 bridgehead atoms. The molecule has 1 saturated carbocycles. The Balaban J connectivity index is 2.72. The molecule has 7 heteroatoms. The normalized spacial score (nSPS) is 23.9. The Hall–Kier alpha value is -1.18. The zero-order valence-electron chi connectivity index (χ0n) is 10.0. The molecule has 1 aliphatic rings. The average Bonchev–Trinajstić information content (AvgIpc) is 2.85. The van der Waals surface area contributed by atoms with Gasteiger partial charge in [-0.3, -0.25) is 9.59 Å². The summed E-state index contributed by atoms with van der Waals surface area (Å²) >= 11 is 0. The maximum Gasteiger partial charge on any atom is 0.307 e. The van der Waals surface area contributed by atoms with Crippen molar-refractivity contribution in [1.82, 2.24) is 5.32 Å². The summed E-state index contributed by atoms with van der Waals surface area (Å²) in [6.07, 6.45) is 1.55. The number of aliphatic hydroxyl groups is 3. The van der Waals surface area contributed by atoms with Crippen LogP contribution in [-0.4, -0.2) is 57.7 Å². The van der Waals surface area contributed by atoms with E-state index in [2.05, 4.69) is 5.32 Å². The molecule has 1 aliphatic carbocycles. The zero-order chi connectivity index (χ0) is 13.8. The van der Waals surface area contributed by atoms with Gasteiger partial charge in [0, 0.05) is 0 Å². The number of rotatable bonds is 6. The molecule has 2 unspecified atom stereocenters. The quantitative estimate of drug-likeness (QED) is 0.388. The van der Waals surface area contributed by atoms with Crippen LogP contribution in [0, 0.1) is 11.8 Å². The third kappa shape index (κ3) is 2.98. The van der Waals surface area contributed by atoms with Crippen LogP contribution in [0.15, 0.2) is 0 Å². The molecule has 0 aromatic carbocycles. The molecular formula is C11H19NO6. The fourth-order valence-electron chi connectivity index (χ4n) is 2.19. The first-order valence-electron chi connectivity index (χ1n) is 5.87. The van der Waals surface area contributed by atoms with Crippen molar-refractivity contribution in [3.63, 3.8) is 0 Å². The number of carbonyl (C=O) groups excluding carboxylic acids is 1. The predicted molar refractivity (Wildman–Crippen MR) is 60.6 cm³/mol. The number of carboxylic acids is 1. The first-order valence-corrected chi connectivity index (χ1v) is 5.87. The third-order valence-corrected chi connectivity index (χ3v) is 3.47. The number of hydrogen-bond donors (Lipinski definition) is 5. The van der Waals surface area contributed by atoms with Crippen LogP contribution in [0.4, 0.5) is 0 Å². The van der Waals surface area contributed by atoms with E-state index in [1.54, 1.807) is 0 Å². The summed E-state index contributed by atoms with van der Waals surface area (Å²) < 4.78 is 0. The van der Waals surface area contributed by atoms with Gasteiger partial charge in [-0.1, -0.05) is 6.42 Å². The maximum absolute atomic E-state index is 11.9. The number of carboxylic acid groups (broad SMARTS) is 1. The van der Waals surface area contributed by atoms with Crippen LogP contribution in [0.2, 0.25) is 0 Å². The molecule has 0 aromatic heterocycles. The largest absolute Gasteiger partial charge is 0.481 e. The Morgan fingerprint density at radius 1 is 1.06 bits per heavy atom. The molecule has 0 aliphatic heterocycles. The number of hydrogen-bond acceptors (Lipinski definition) is 5. The Morgan fingerprint density at radius 2 is 1.56 bits per heavy atom. The van der Waals surface area contributed by atoms with Gasteiger partial charge in [0.2, 0.25) is 5.91 Å². The molecule has 1 rings (SSSR count). The van der Waals surface area contributed by atoms with Crippen LogP contribution in [0.5, 0.6) is 0 Å². The zero-order valence-corrected chi connectivity index (χ0v) is 10.0. The van der Waals surface area contributed by atoms with E-state index < -0.39 is 49.1 Å². The molecule has 104 valence electrons. The fraction of sp³-hybridized carbons (Fsp3) is 0.818. The van der Waals surface area contributed by atoms with Gasteiger partial charge in [0.05, 0.1) is 31.7 Å². The van der Waals surface area contributed by atoms with E-state index in [-0.39, 0.29) is 0 Å². The van der Waals surface area contributed by atoms with Crippen LogP contribution in [0.3, 0.4) is 0 Å². The molecule has 7 nitrogen and oxygen atoms in total. The van der Waals surface area contributed by atoms with Crippen molar-refractivity contribution < 1.29 is 30.0 Å². The molecule has 0 aromatic rings. The van der Waals surface area contributed by atoms with Crippen molar-refractivity contribution in [2.24, 2.45) is 11.8 Å². The summed E-state index contributed by atoms with van der Waals surface area (Å²) in [4.78, 5) is 22.9. The molecule has 5 N–H and O–H groups in total. The van der Waals surface area contributed by atoms with Gasteiger partial charge in [-0.25, -0.2) is 0 Å². The highest BCUT2D eigenvalue weighted by Crippen LogP contribution is 2.32. The Bertz CT molecular complexity index is 306. The van der Waals surface area contributed by atoms with Gasteiger partial charge in [-0.2, -0.15) is 0 Å². The lowest BCUT2D eigenvalue weighted by atomic mass is 9.93. The standard InChI is InChI=1S/C11H19NO6/c13-4-11(5-14,6-15)12-9(16)7-2-1-3-8(7)10(17)18/h7-8,13-15H,1-6H2,(H,12,16)(H,17,18). The summed E-state index contributed by atoms with van der Waals surface area (Å²) in [6, 6.07) is 0. The van der Waals surface area contributed by atoms with Crippen molar-refractivity contribution in [3.8, 4) is 0 Å². The van der Waals surface area contributed by atoms with Crippen LogP contribution < -0.4 is 5.32 Å². The molecule has 1 amide bonds. The van der Waals surface area contributed by atoms with E-state index in [4.69, 9.17) is 20.4 Å². The SMILES string of the molecule is O=C(O)C1CCCC1C(=O)NC(CO)(CO)CO. The highest BCUT2D eigenvalue weighted by atomic mass is 16.4. The second kappa shape index (κ2) is 6.12. The number of amides is 1. The van der Waals surface area contributed by atoms with E-state index >= 15 is 0 Å². The minimum Gasteiger partial charge on any atom is -0.481 e. The Labute approximate surface area is 104 Å². The summed E-state index contributed by atoms with van der Waals surface area (Å²) in [5.74, 6) is -2.97. The molecule has 0 saturated heterocycles. The van der Waals surface area contributed by atoms with Crippen LogP contribution in [-0.2, 0) is 9.59 Å². The summed E-state index contributed by atoms with van der Waals surface area (Å²) in [6.45, 7) is -1.84. The fourth-order valence-corrected chi connectivity index (χ4v) is 2.19. The van der Waals surface area contributed by atoms with Crippen LogP contribution in [0.1, 0.15) is 19.3 Å². The van der Waals surface area contributed by atoms with E-state index in [0.29, 0.717) is 19.3 Å². The van der Waals surface area contributed by atoms with E-state index in [1.165, 1.54) is 0 Å². The molecule has 18 heavy (non-hydrogen) atoms. The van der Waals surface area contributed by atoms with Gasteiger partial charge in [-0.15, -0.1) is 0 Å². The minimum absolute atomic E-state index is 0.442. The maximum atomic E-state index is 11.9. The van der Waals surface area contributed by atoms with Gasteiger partial charge in [0.25, 0.3) is 0 Å². The highest BCUT2D eigenvalue weighted by Gasteiger charge is 2.40. The van der Waals surface area contributed by atoms with Crippen LogP contribution >= 0.6 is 0 Å². The Morgan fingerprint density at radius 3 is 2.00 bits per heavy atom. The smallest absolute Gasteiger partial charge is 0.307 e. The lowest BCUT2D eigenvalue weighted by molar-refractivity contribution is -0.147. The second-order valence-corrected chi connectivity index (χ2v) is 4.73. The minimum atomic E-state index is -1.50. The molecular weight excluding hydrogens is 242 g/mol. The lowest BCUT2D eigenvalue weighted by Gasteiger charge is -2.30. The van der Waals surface area contributed by atoms with E-state index in [9.17, 15) is 9.59 Å². The molecule has 0 spiro atoms. The monoisotopic (exact) mass is 261 g/mol. The lowest BCUT2D eigenvalue weighted by Crippen LogP contribution is -2.58. The van der Waals surface area contributed by atoms with E-state index in [1.807, 2.05) is 0 Å². The molecule has 1 fully saturated rings. The van der Waals surface area contributed by atoms with Gasteiger partial charge in [0.1, 0.15) is 5.54 Å². The average molecular weight is 261 g/mol. The van der Waals surface area contributed by atoms with Gasteiger partial charge in [-0.05, 0) is 12.8 Å². The first-order chi connectivity index (χ1) is 8.49. The third-order valence-electron chi connectivity index (χ3n) is 3.47. The molecule has 0 radical (unpaired) electrons. The van der Waals surface area contributed by atoms with Gasteiger partial charge in [0.15, 0.2) is 0 Å². The van der Waals surface area contributed by atoms with Crippen molar-refractivity contribution in [3.05, 3.63) is 0 Å². The van der Waals surface area contributed by atoms with Gasteiger partial charge >= 0.3 is 5.97 Å². The van der Waals surface area contributed by atoms with Crippen molar-refractivity contribution in [1.29, 1.82) is 0 Å². The summed E-state index contributed by atoms with van der Waals surface area (Å²) in [5, 5.41) is 38.6. The van der Waals surface area contributed by atoms with Gasteiger partial charge < -0.3 is 25.7 Å². The molecule has 0 heterocycles. The van der Waals surface area contributed by atoms with E-state index in [0.717, 1.165) is 0 Å². The number of aliphatic carboxylic acids is 1. The number of aliphatic hydroxyl groups excluding tert-OH is 3. The summed E-state index contributed by atoms with van der Waals surface area (Å²) in [7, 11) is 0.